The minimum Gasteiger partial charge on any atom is -0.386 e. The van der Waals surface area contributed by atoms with E-state index < -0.39 is 28.5 Å². The van der Waals surface area contributed by atoms with Gasteiger partial charge >= 0.3 is 5.69 Å². The smallest absolute Gasteiger partial charge is 0.328 e. The minimum absolute atomic E-state index is 0.0293. The first-order chi connectivity index (χ1) is 17.0. The van der Waals surface area contributed by atoms with Crippen LogP contribution < -0.4 is 11.2 Å². The van der Waals surface area contributed by atoms with Crippen molar-refractivity contribution < 1.29 is 14.6 Å². The number of ether oxygens (including phenoxy) is 1. The lowest BCUT2D eigenvalue weighted by molar-refractivity contribution is -0.202. The number of hydrogen-bond acceptors (Lipinski definition) is 6. The van der Waals surface area contributed by atoms with Crippen molar-refractivity contribution in [1.82, 2.24) is 24.0 Å². The maximum Gasteiger partial charge on any atom is 0.328 e. The number of H-pyrrole nitrogens is 1. The highest BCUT2D eigenvalue weighted by molar-refractivity contribution is 5.82. The van der Waals surface area contributed by atoms with Gasteiger partial charge in [0.25, 0.3) is 5.56 Å². The number of nitrogens with zero attached hydrogens (tertiary/aromatic N) is 4. The van der Waals surface area contributed by atoms with E-state index in [1.54, 1.807) is 6.92 Å². The van der Waals surface area contributed by atoms with Crippen molar-refractivity contribution in [2.75, 3.05) is 19.7 Å². The van der Waals surface area contributed by atoms with E-state index >= 15 is 0 Å². The summed E-state index contributed by atoms with van der Waals surface area (Å²) in [6.45, 7) is 9.02. The van der Waals surface area contributed by atoms with Crippen LogP contribution in [0.4, 0.5) is 0 Å². The summed E-state index contributed by atoms with van der Waals surface area (Å²) in [5.41, 5.74) is 1.35. The van der Waals surface area contributed by atoms with Gasteiger partial charge in [-0.2, -0.15) is 0 Å². The Hall–Kier alpha value is -3.24. The molecule has 10 heteroatoms. The number of benzene rings is 1. The molecule has 5 rings (SSSR count). The van der Waals surface area contributed by atoms with E-state index in [2.05, 4.69) is 35.9 Å². The van der Waals surface area contributed by atoms with Crippen molar-refractivity contribution in [2.24, 2.45) is 0 Å². The molecule has 1 spiro atoms. The Labute approximate surface area is 208 Å². The van der Waals surface area contributed by atoms with Crippen molar-refractivity contribution in [1.29, 1.82) is 0 Å². The zero-order valence-corrected chi connectivity index (χ0v) is 21.2. The normalized spacial score (nSPS) is 23.9. The molecular weight excluding hydrogens is 462 g/mol. The number of likely N-dealkylation sites (tertiary alicyclic amines) is 1. The number of hydrogen-bond donors (Lipinski definition) is 2. The molecule has 2 aromatic heterocycles. The van der Waals surface area contributed by atoms with Gasteiger partial charge < -0.3 is 19.3 Å². The molecule has 2 aliphatic rings. The van der Waals surface area contributed by atoms with E-state index in [9.17, 15) is 19.5 Å². The predicted molar refractivity (Wildman–Crippen MR) is 134 cm³/mol. The number of aryl methyl sites for hydroxylation is 3. The molecule has 3 aromatic rings. The Morgan fingerprint density at radius 2 is 1.89 bits per heavy atom. The van der Waals surface area contributed by atoms with Crippen LogP contribution >= 0.6 is 0 Å². The fourth-order valence-corrected chi connectivity index (χ4v) is 5.54. The molecule has 2 atom stereocenters. The third-order valence-electron chi connectivity index (χ3n) is 8.02. The van der Waals surface area contributed by atoms with Gasteiger partial charge in [-0.05, 0) is 63.8 Å². The average molecular weight is 496 g/mol. The molecule has 192 valence electrons. The Bertz CT molecular complexity index is 1440. The van der Waals surface area contributed by atoms with E-state index in [0.29, 0.717) is 32.4 Å². The highest BCUT2D eigenvalue weighted by atomic mass is 16.5. The zero-order chi connectivity index (χ0) is 25.8. The van der Waals surface area contributed by atoms with Crippen LogP contribution in [0.3, 0.4) is 0 Å². The molecule has 4 heterocycles. The Kier molecular flexibility index (Phi) is 5.91. The molecule has 10 nitrogen and oxygen atoms in total. The number of amides is 1. The van der Waals surface area contributed by atoms with Crippen LogP contribution in [0.15, 0.2) is 34.0 Å². The molecule has 1 amide bonds. The predicted octanol–water partition coefficient (Wildman–Crippen LogP) is 1.59. The van der Waals surface area contributed by atoms with Gasteiger partial charge in [0.15, 0.2) is 0 Å². The molecular formula is C26H33N5O5. The largest absolute Gasteiger partial charge is 0.386 e. The summed E-state index contributed by atoms with van der Waals surface area (Å²) in [6, 6.07) is 4.88. The first kappa shape index (κ1) is 24.5. The fourth-order valence-electron chi connectivity index (χ4n) is 5.54. The number of imidazole rings is 1. The molecule has 2 aliphatic heterocycles. The SMILES string of the molecule is Cc1cc2nc(C)n(CC(=O)N3CCC4(CC3)C[C@H](n3ccc(=O)[nH]c3=O)[C@@](C)(O)CO4)c2cc1C. The average Bonchev–Trinajstić information content (AvgIpc) is 3.10. The van der Waals surface area contributed by atoms with Crippen molar-refractivity contribution in [3.63, 3.8) is 0 Å². The molecule has 0 aliphatic carbocycles. The number of aromatic amines is 1. The van der Waals surface area contributed by atoms with Gasteiger partial charge in [-0.25, -0.2) is 9.78 Å². The van der Waals surface area contributed by atoms with E-state index in [0.717, 1.165) is 22.4 Å². The van der Waals surface area contributed by atoms with Crippen LogP contribution in [0.1, 0.15) is 49.2 Å². The standard InChI is InChI=1S/C26H33N5O5/c1-16-11-19-20(12-17(16)2)31(18(3)27-19)14-23(33)29-9-6-26(7-10-29)13-21(25(4,35)15-36-26)30-8-5-22(32)28-24(30)34/h5,8,11-12,21,35H,6-7,9-10,13-15H2,1-4H3,(H,28,32,34)/t21-,25-/m0/s1. The number of aromatic nitrogens is 4. The molecule has 2 fully saturated rings. The Morgan fingerprint density at radius 1 is 1.19 bits per heavy atom. The highest BCUT2D eigenvalue weighted by Crippen LogP contribution is 2.43. The summed E-state index contributed by atoms with van der Waals surface area (Å²) in [5, 5.41) is 11.0. The number of carbonyl (C=O) groups excluding carboxylic acids is 1. The minimum atomic E-state index is -1.27. The summed E-state index contributed by atoms with van der Waals surface area (Å²) in [5.74, 6) is 0.838. The maximum absolute atomic E-state index is 13.3. The lowest BCUT2D eigenvalue weighted by Gasteiger charge is -2.51. The molecule has 0 saturated carbocycles. The second-order valence-corrected chi connectivity index (χ2v) is 10.6. The third-order valence-corrected chi connectivity index (χ3v) is 8.02. The monoisotopic (exact) mass is 495 g/mol. The van der Waals surface area contributed by atoms with Crippen LogP contribution in [-0.2, 0) is 16.1 Å². The van der Waals surface area contributed by atoms with Gasteiger partial charge in [0.2, 0.25) is 5.91 Å². The van der Waals surface area contributed by atoms with Crippen molar-refractivity contribution in [3.8, 4) is 0 Å². The lowest BCUT2D eigenvalue weighted by Crippen LogP contribution is -2.59. The topological polar surface area (TPSA) is 122 Å². The first-order valence-corrected chi connectivity index (χ1v) is 12.4. The molecule has 36 heavy (non-hydrogen) atoms. The summed E-state index contributed by atoms with van der Waals surface area (Å²) in [6.07, 6.45) is 3.05. The summed E-state index contributed by atoms with van der Waals surface area (Å²) in [7, 11) is 0. The molecule has 0 bridgehead atoms. The number of piperidine rings is 1. The number of nitrogens with one attached hydrogen (secondary N) is 1. The maximum atomic E-state index is 13.3. The van der Waals surface area contributed by atoms with E-state index in [4.69, 9.17) is 4.74 Å². The number of carbonyl (C=O) groups is 1. The van der Waals surface area contributed by atoms with E-state index in [1.807, 2.05) is 16.4 Å². The number of aliphatic hydroxyl groups is 1. The summed E-state index contributed by atoms with van der Waals surface area (Å²) < 4.78 is 9.54. The van der Waals surface area contributed by atoms with E-state index in [1.165, 1.54) is 22.4 Å². The Balaban J connectivity index is 1.30. The third kappa shape index (κ3) is 4.28. The number of fused-ring (bicyclic) bond motifs is 1. The molecule has 0 unspecified atom stereocenters. The fraction of sp³-hybridized carbons (Fsp3) is 0.538. The highest BCUT2D eigenvalue weighted by Gasteiger charge is 2.49. The van der Waals surface area contributed by atoms with Crippen molar-refractivity contribution in [2.45, 2.75) is 70.7 Å². The van der Waals surface area contributed by atoms with E-state index in [-0.39, 0.29) is 19.1 Å². The van der Waals surface area contributed by atoms with Gasteiger partial charge in [0, 0.05) is 31.8 Å². The van der Waals surface area contributed by atoms with Crippen LogP contribution in [0, 0.1) is 20.8 Å². The molecule has 2 saturated heterocycles. The van der Waals surface area contributed by atoms with Crippen LogP contribution in [-0.4, -0.2) is 65.9 Å². The summed E-state index contributed by atoms with van der Waals surface area (Å²) >= 11 is 0. The molecule has 1 aromatic carbocycles. The van der Waals surface area contributed by atoms with Gasteiger partial charge in [0.1, 0.15) is 18.0 Å². The van der Waals surface area contributed by atoms with Gasteiger partial charge in [-0.3, -0.25) is 19.1 Å². The second-order valence-electron chi connectivity index (χ2n) is 10.6. The lowest BCUT2D eigenvalue weighted by atomic mass is 9.77. The first-order valence-electron chi connectivity index (χ1n) is 12.4. The second kappa shape index (κ2) is 8.70. The van der Waals surface area contributed by atoms with Gasteiger partial charge in [-0.1, -0.05) is 0 Å². The van der Waals surface area contributed by atoms with Crippen LogP contribution in [0.5, 0.6) is 0 Å². The van der Waals surface area contributed by atoms with Crippen molar-refractivity contribution >= 4 is 16.9 Å². The molecule has 2 N–H and O–H groups in total. The zero-order valence-electron chi connectivity index (χ0n) is 21.2. The number of rotatable bonds is 3. The quantitative estimate of drug-likeness (QED) is 0.569. The van der Waals surface area contributed by atoms with Crippen LogP contribution in [0.25, 0.3) is 11.0 Å². The summed E-state index contributed by atoms with van der Waals surface area (Å²) in [4.78, 5) is 46.0. The Morgan fingerprint density at radius 3 is 2.58 bits per heavy atom. The van der Waals surface area contributed by atoms with Crippen LogP contribution in [0.2, 0.25) is 0 Å². The van der Waals surface area contributed by atoms with Gasteiger partial charge in [-0.15, -0.1) is 0 Å². The molecule has 0 radical (unpaired) electrons. The van der Waals surface area contributed by atoms with Gasteiger partial charge in [0.05, 0.1) is 29.3 Å². The van der Waals surface area contributed by atoms with Crippen molar-refractivity contribution in [3.05, 3.63) is 62.2 Å².